The van der Waals surface area contributed by atoms with Gasteiger partial charge in [0.1, 0.15) is 11.6 Å². The van der Waals surface area contributed by atoms with E-state index in [-0.39, 0.29) is 19.4 Å². The van der Waals surface area contributed by atoms with Gasteiger partial charge in [0.15, 0.2) is 0 Å². The first kappa shape index (κ1) is 24.9. The second-order valence-electron chi connectivity index (χ2n) is 8.04. The lowest BCUT2D eigenvalue weighted by atomic mass is 10.0. The molecule has 0 saturated carbocycles. The normalized spacial score (nSPS) is 12.9. The number of benzene rings is 1. The van der Waals surface area contributed by atoms with E-state index in [0.717, 1.165) is 22.9 Å². The van der Waals surface area contributed by atoms with Gasteiger partial charge in [0, 0.05) is 5.69 Å². The molecule has 1 rings (SSSR count). The molecular weight excluding hydrogens is 396 g/mol. The molecular formula is C20H32N2O6S. The molecule has 0 saturated heterocycles. The molecule has 0 heterocycles. The van der Waals surface area contributed by atoms with E-state index < -0.39 is 33.8 Å². The molecule has 0 aliphatic carbocycles. The van der Waals surface area contributed by atoms with E-state index in [4.69, 9.17) is 8.92 Å². The molecule has 29 heavy (non-hydrogen) atoms. The first-order chi connectivity index (χ1) is 13.2. The van der Waals surface area contributed by atoms with Gasteiger partial charge in [-0.15, -0.1) is 0 Å². The van der Waals surface area contributed by atoms with Gasteiger partial charge in [-0.25, -0.2) is 4.79 Å². The third-order valence-corrected chi connectivity index (χ3v) is 4.85. The average molecular weight is 429 g/mol. The van der Waals surface area contributed by atoms with Gasteiger partial charge >= 0.3 is 6.09 Å². The fourth-order valence-electron chi connectivity index (χ4n) is 2.53. The molecule has 0 bridgehead atoms. The van der Waals surface area contributed by atoms with Crippen LogP contribution in [0, 0.1) is 20.8 Å². The zero-order chi connectivity index (χ0) is 22.4. The number of rotatable bonds is 8. The number of amides is 2. The minimum atomic E-state index is -3.57. The minimum absolute atomic E-state index is 0.0821. The highest BCUT2D eigenvalue weighted by Crippen LogP contribution is 2.22. The first-order valence-corrected chi connectivity index (χ1v) is 11.2. The zero-order valence-corrected chi connectivity index (χ0v) is 19.0. The van der Waals surface area contributed by atoms with Crippen LogP contribution >= 0.6 is 0 Å². The van der Waals surface area contributed by atoms with Crippen LogP contribution in [0.4, 0.5) is 10.5 Å². The Morgan fingerprint density at radius 2 is 1.72 bits per heavy atom. The van der Waals surface area contributed by atoms with Gasteiger partial charge in [0.05, 0.1) is 12.9 Å². The first-order valence-electron chi connectivity index (χ1n) is 9.41. The molecule has 0 fully saturated rings. The fraction of sp³-hybridized carbons (Fsp3) is 0.600. The van der Waals surface area contributed by atoms with Crippen LogP contribution in [-0.2, 0) is 23.8 Å². The molecule has 0 radical (unpaired) electrons. The van der Waals surface area contributed by atoms with Crippen molar-refractivity contribution in [3.05, 3.63) is 28.8 Å². The second kappa shape index (κ2) is 10.1. The quantitative estimate of drug-likeness (QED) is 0.486. The van der Waals surface area contributed by atoms with Crippen molar-refractivity contribution in [2.45, 2.75) is 66.0 Å². The highest BCUT2D eigenvalue weighted by molar-refractivity contribution is 7.85. The standard InChI is InChI=1S/C20H32N2O6S/c1-13-10-11-16(15(3)14(13)2)21-18(23)17(9-8-12-27-29(7,25)26)22-19(24)28-20(4,5)6/h10-11,17H,8-9,12H2,1-7H3,(H,21,23)(H,22,24). The van der Waals surface area contributed by atoms with Gasteiger partial charge in [0.2, 0.25) is 5.91 Å². The Hall–Kier alpha value is -2.13. The van der Waals surface area contributed by atoms with Gasteiger partial charge in [-0.05, 0) is 77.1 Å². The van der Waals surface area contributed by atoms with Crippen LogP contribution in [0.15, 0.2) is 12.1 Å². The predicted molar refractivity (Wildman–Crippen MR) is 112 cm³/mol. The van der Waals surface area contributed by atoms with Crippen molar-refractivity contribution in [1.82, 2.24) is 5.32 Å². The second-order valence-corrected chi connectivity index (χ2v) is 9.68. The molecule has 0 spiro atoms. The maximum absolute atomic E-state index is 12.8. The van der Waals surface area contributed by atoms with Crippen molar-refractivity contribution in [2.24, 2.45) is 0 Å². The lowest BCUT2D eigenvalue weighted by Gasteiger charge is -2.24. The van der Waals surface area contributed by atoms with Crippen molar-refractivity contribution >= 4 is 27.8 Å². The number of alkyl carbamates (subject to hydrolysis) is 1. The van der Waals surface area contributed by atoms with Crippen LogP contribution < -0.4 is 10.6 Å². The molecule has 2 amide bonds. The van der Waals surface area contributed by atoms with Gasteiger partial charge in [0.25, 0.3) is 10.1 Å². The highest BCUT2D eigenvalue weighted by atomic mass is 32.2. The molecule has 0 aromatic heterocycles. The summed E-state index contributed by atoms with van der Waals surface area (Å²) in [6.45, 7) is 11.0. The highest BCUT2D eigenvalue weighted by Gasteiger charge is 2.25. The topological polar surface area (TPSA) is 111 Å². The molecule has 1 aromatic rings. The molecule has 2 N–H and O–H groups in total. The molecule has 1 aromatic carbocycles. The minimum Gasteiger partial charge on any atom is -0.444 e. The summed E-state index contributed by atoms with van der Waals surface area (Å²) in [5.41, 5.74) is 3.06. The maximum atomic E-state index is 12.8. The van der Waals surface area contributed by atoms with Crippen molar-refractivity contribution in [2.75, 3.05) is 18.2 Å². The number of nitrogens with one attached hydrogen (secondary N) is 2. The van der Waals surface area contributed by atoms with Crippen molar-refractivity contribution in [1.29, 1.82) is 0 Å². The number of aryl methyl sites for hydroxylation is 1. The number of anilines is 1. The number of ether oxygens (including phenoxy) is 1. The predicted octanol–water partition coefficient (Wildman–Crippen LogP) is 3.20. The monoisotopic (exact) mass is 428 g/mol. The molecule has 0 aliphatic rings. The zero-order valence-electron chi connectivity index (χ0n) is 18.2. The SMILES string of the molecule is Cc1ccc(NC(=O)C(CCCOS(C)(=O)=O)NC(=O)OC(C)(C)C)c(C)c1C. The Morgan fingerprint density at radius 1 is 1.10 bits per heavy atom. The number of hydrogen-bond donors (Lipinski definition) is 2. The van der Waals surface area contributed by atoms with Crippen molar-refractivity contribution in [3.8, 4) is 0 Å². The number of carbonyl (C=O) groups is 2. The summed E-state index contributed by atoms with van der Waals surface area (Å²) in [5.74, 6) is -0.415. The van der Waals surface area contributed by atoms with Gasteiger partial charge < -0.3 is 15.4 Å². The molecule has 9 heteroatoms. The summed E-state index contributed by atoms with van der Waals surface area (Å²) < 4.78 is 32.1. The van der Waals surface area contributed by atoms with E-state index in [1.165, 1.54) is 0 Å². The van der Waals surface area contributed by atoms with Crippen LogP contribution in [0.3, 0.4) is 0 Å². The fourth-order valence-corrected chi connectivity index (χ4v) is 2.95. The van der Waals surface area contributed by atoms with Gasteiger partial charge in [-0.1, -0.05) is 6.07 Å². The molecule has 1 atom stereocenters. The van der Waals surface area contributed by atoms with E-state index in [0.29, 0.717) is 5.69 Å². The van der Waals surface area contributed by atoms with Crippen LogP contribution in [0.5, 0.6) is 0 Å². The molecule has 0 aliphatic heterocycles. The van der Waals surface area contributed by atoms with Crippen molar-refractivity contribution < 1.29 is 26.9 Å². The summed E-state index contributed by atoms with van der Waals surface area (Å²) in [7, 11) is -3.57. The Labute approximate surface area is 173 Å². The lowest BCUT2D eigenvalue weighted by molar-refractivity contribution is -0.118. The Morgan fingerprint density at radius 3 is 2.28 bits per heavy atom. The molecule has 8 nitrogen and oxygen atoms in total. The molecule has 164 valence electrons. The van der Waals surface area contributed by atoms with E-state index in [1.807, 2.05) is 32.9 Å². The van der Waals surface area contributed by atoms with Crippen molar-refractivity contribution in [3.63, 3.8) is 0 Å². The van der Waals surface area contributed by atoms with Crippen LogP contribution in [0.2, 0.25) is 0 Å². The van der Waals surface area contributed by atoms with Crippen LogP contribution in [0.25, 0.3) is 0 Å². The summed E-state index contributed by atoms with van der Waals surface area (Å²) in [6.07, 6.45) is 0.675. The average Bonchev–Trinajstić information content (AvgIpc) is 2.55. The van der Waals surface area contributed by atoms with Crippen LogP contribution in [-0.4, -0.2) is 44.9 Å². The smallest absolute Gasteiger partial charge is 0.408 e. The molecule has 1 unspecified atom stereocenters. The third kappa shape index (κ3) is 9.27. The van der Waals surface area contributed by atoms with Gasteiger partial charge in [-0.2, -0.15) is 8.42 Å². The summed E-state index contributed by atoms with van der Waals surface area (Å²) >= 11 is 0. The Balaban J connectivity index is 2.89. The third-order valence-electron chi connectivity index (χ3n) is 4.26. The summed E-state index contributed by atoms with van der Waals surface area (Å²) in [4.78, 5) is 25.0. The lowest BCUT2D eigenvalue weighted by Crippen LogP contribution is -2.46. The maximum Gasteiger partial charge on any atom is 0.408 e. The van der Waals surface area contributed by atoms with E-state index in [9.17, 15) is 18.0 Å². The summed E-state index contributed by atoms with van der Waals surface area (Å²) in [6, 6.07) is 2.81. The van der Waals surface area contributed by atoms with Gasteiger partial charge in [-0.3, -0.25) is 8.98 Å². The Bertz CT molecular complexity index is 843. The van der Waals surface area contributed by atoms with E-state index >= 15 is 0 Å². The largest absolute Gasteiger partial charge is 0.444 e. The number of hydrogen-bond acceptors (Lipinski definition) is 6. The van der Waals surface area contributed by atoms with E-state index in [2.05, 4.69) is 10.6 Å². The Kier molecular flexibility index (Phi) is 8.65. The number of carbonyl (C=O) groups excluding carboxylic acids is 2. The van der Waals surface area contributed by atoms with E-state index in [1.54, 1.807) is 20.8 Å². The van der Waals surface area contributed by atoms with Crippen LogP contribution in [0.1, 0.15) is 50.3 Å². The summed E-state index contributed by atoms with van der Waals surface area (Å²) in [5, 5.41) is 5.39.